The van der Waals surface area contributed by atoms with E-state index in [2.05, 4.69) is 54.6 Å². The van der Waals surface area contributed by atoms with Crippen LogP contribution in [-0.4, -0.2) is 69.9 Å². The molecule has 272 valence electrons. The second-order valence-corrected chi connectivity index (χ2v) is 16.2. The Labute approximate surface area is 374 Å². The Morgan fingerprint density at radius 2 is 0.661 bits per heavy atom. The van der Waals surface area contributed by atoms with Crippen molar-refractivity contribution in [2.75, 3.05) is 0 Å². The maximum atomic E-state index is 7.19. The minimum absolute atomic E-state index is 0.185. The molecule has 2 heterocycles. The van der Waals surface area contributed by atoms with E-state index >= 15 is 0 Å². The zero-order chi connectivity index (χ0) is 42.6. The Morgan fingerprint density at radius 1 is 0.274 bits per heavy atom. The van der Waals surface area contributed by atoms with Crippen molar-refractivity contribution in [1.29, 1.82) is 0 Å². The van der Waals surface area contributed by atoms with Gasteiger partial charge in [0.05, 0.1) is 0 Å². The summed E-state index contributed by atoms with van der Waals surface area (Å²) in [6.45, 7) is 0. The van der Waals surface area contributed by atoms with Crippen molar-refractivity contribution in [3.8, 4) is 78.7 Å². The van der Waals surface area contributed by atoms with Crippen LogP contribution in [0, 0.1) is 0 Å². The highest BCUT2D eigenvalue weighted by Crippen LogP contribution is 2.36. The van der Waals surface area contributed by atoms with Gasteiger partial charge in [0, 0.05) is 26.1 Å². The lowest BCUT2D eigenvalue weighted by molar-refractivity contribution is 1.07. The van der Waals surface area contributed by atoms with Crippen LogP contribution < -0.4 is 38.2 Å². The van der Waals surface area contributed by atoms with Crippen LogP contribution in [0.3, 0.4) is 0 Å². The van der Waals surface area contributed by atoms with Gasteiger partial charge in [-0.15, -0.1) is 22.3 Å². The van der Waals surface area contributed by atoms with Crippen molar-refractivity contribution in [3.05, 3.63) is 158 Å². The van der Waals surface area contributed by atoms with Crippen molar-refractivity contribution < 1.29 is 0 Å². The molecule has 0 bridgehead atoms. The summed E-state index contributed by atoms with van der Waals surface area (Å²) in [6, 6.07) is 53.1. The highest BCUT2D eigenvalue weighted by atomic mass is 32.1. The summed E-state index contributed by atoms with van der Waals surface area (Å²) < 4.78 is 1.28. The summed E-state index contributed by atoms with van der Waals surface area (Å²) in [5.74, 6) is 1.48. The van der Waals surface area contributed by atoms with Crippen LogP contribution >= 0.6 is 11.3 Å². The molecule has 10 rings (SSSR count). The molecular formula is C51H26B7N3S. The number of thiophene rings is 1. The van der Waals surface area contributed by atoms with Gasteiger partial charge in [0.2, 0.25) is 0 Å². The zero-order valence-electron chi connectivity index (χ0n) is 33.3. The molecule has 0 unspecified atom stereocenters. The number of hydrogen-bond acceptors (Lipinski definition) is 4. The molecule has 8 aromatic carbocycles. The maximum absolute atomic E-state index is 7.19. The van der Waals surface area contributed by atoms with E-state index in [0.717, 1.165) is 44.5 Å². The summed E-state index contributed by atoms with van der Waals surface area (Å²) in [7, 11) is 46.9. The van der Waals surface area contributed by atoms with Crippen molar-refractivity contribution in [1.82, 2.24) is 15.0 Å². The van der Waals surface area contributed by atoms with E-state index in [1.165, 1.54) is 11.3 Å². The summed E-state index contributed by atoms with van der Waals surface area (Å²) in [5, 5.41) is 1.19. The van der Waals surface area contributed by atoms with Crippen molar-refractivity contribution >= 4 is 125 Å². The third-order valence-electron chi connectivity index (χ3n) is 11.3. The van der Waals surface area contributed by atoms with E-state index in [1.54, 1.807) is 0 Å². The average Bonchev–Trinajstić information content (AvgIpc) is 3.74. The van der Waals surface area contributed by atoms with Crippen LogP contribution in [0.15, 0.2) is 158 Å². The fourth-order valence-corrected chi connectivity index (χ4v) is 9.35. The fraction of sp³-hybridized carbons (Fsp3) is 0. The van der Waals surface area contributed by atoms with Crippen LogP contribution in [-0.2, 0) is 0 Å². The summed E-state index contributed by atoms with van der Waals surface area (Å²) in [6.07, 6.45) is 0. The first-order valence-corrected chi connectivity index (χ1v) is 20.7. The quantitative estimate of drug-likeness (QED) is 0.202. The smallest absolute Gasteiger partial charge is 0.164 e. The zero-order valence-corrected chi connectivity index (χ0v) is 34.1. The van der Waals surface area contributed by atoms with E-state index < -0.39 is 0 Å². The van der Waals surface area contributed by atoms with E-state index in [9.17, 15) is 0 Å². The number of aromatic nitrogens is 3. The molecule has 11 heteroatoms. The molecule has 10 aromatic rings. The molecular weight excluding hydrogens is 762 g/mol. The van der Waals surface area contributed by atoms with Crippen LogP contribution in [0.2, 0.25) is 0 Å². The van der Waals surface area contributed by atoms with Crippen LogP contribution in [0.4, 0.5) is 0 Å². The predicted octanol–water partition coefficient (Wildman–Crippen LogP) is 5.47. The second kappa shape index (κ2) is 16.0. The molecule has 2 aromatic heterocycles. The number of hydrogen-bond donors (Lipinski definition) is 0. The molecule has 3 nitrogen and oxygen atoms in total. The first kappa shape index (κ1) is 39.6. The topological polar surface area (TPSA) is 38.7 Å². The van der Waals surface area contributed by atoms with Gasteiger partial charge < -0.3 is 0 Å². The maximum Gasteiger partial charge on any atom is 0.164 e. The molecule has 62 heavy (non-hydrogen) atoms. The van der Waals surface area contributed by atoms with Crippen LogP contribution in [0.1, 0.15) is 0 Å². The normalized spacial score (nSPS) is 11.4. The Hall–Kier alpha value is -6.56. The van der Waals surface area contributed by atoms with E-state index in [0.29, 0.717) is 76.2 Å². The SMILES string of the molecule is [B]c1c([B])c([B])c2c(sc3c([B])c([B])c(-c4cc(-c5ccccc5)cc(-c5nc(-c6ccc(-c7ccccc7)cc6)nc(-c6cccc(-c7ccccc7)c6)n5)c4)c([B])c32)c1[B]. The standard InChI is InChI=1S/C51H26B7N3S/c52-40-37(41(53)45(57)47-38(40)39-42(54)43(55)44(56)46(58)48(39)62-47)35-24-34(29-15-8-3-9-16-29)25-36(26-35)51-60-49(31-21-19-30(20-22-31)27-11-4-1-5-12-27)59-50(61-51)33-18-10-17-32(23-33)28-13-6-2-7-14-28/h1-26H. The minimum Gasteiger partial charge on any atom is -0.208 e. The molecule has 14 radical (unpaired) electrons. The Balaban J connectivity index is 1.21. The number of fused-ring (bicyclic) bond motifs is 3. The summed E-state index contributed by atoms with van der Waals surface area (Å²) in [4.78, 5) is 15.5. The van der Waals surface area contributed by atoms with Gasteiger partial charge in [0.1, 0.15) is 54.9 Å². The van der Waals surface area contributed by atoms with Gasteiger partial charge in [-0.3, -0.25) is 0 Å². The van der Waals surface area contributed by atoms with Crippen molar-refractivity contribution in [3.63, 3.8) is 0 Å². The molecule has 0 atom stereocenters. The summed E-state index contributed by atoms with van der Waals surface area (Å²) >= 11 is 1.33. The monoisotopic (exact) mass is 789 g/mol. The van der Waals surface area contributed by atoms with E-state index in [4.69, 9.17) is 69.9 Å². The minimum atomic E-state index is 0.185. The molecule has 0 spiro atoms. The lowest BCUT2D eigenvalue weighted by Crippen LogP contribution is -2.47. The number of rotatable bonds is 7. The van der Waals surface area contributed by atoms with Gasteiger partial charge >= 0.3 is 0 Å². The van der Waals surface area contributed by atoms with Gasteiger partial charge in [-0.1, -0.05) is 161 Å². The predicted molar refractivity (Wildman–Crippen MR) is 268 cm³/mol. The van der Waals surface area contributed by atoms with Gasteiger partial charge in [0.25, 0.3) is 0 Å². The molecule has 0 N–H and O–H groups in total. The fourth-order valence-electron chi connectivity index (χ4n) is 8.08. The average molecular weight is 789 g/mol. The highest BCUT2D eigenvalue weighted by Gasteiger charge is 2.22. The van der Waals surface area contributed by atoms with Gasteiger partial charge in [-0.05, 0) is 79.5 Å². The largest absolute Gasteiger partial charge is 0.208 e. The lowest BCUT2D eigenvalue weighted by atomic mass is 9.64. The second-order valence-electron chi connectivity index (χ2n) is 15.1. The van der Waals surface area contributed by atoms with Crippen molar-refractivity contribution in [2.45, 2.75) is 0 Å². The van der Waals surface area contributed by atoms with Gasteiger partial charge in [0.15, 0.2) is 17.5 Å². The van der Waals surface area contributed by atoms with Crippen LogP contribution in [0.25, 0.3) is 98.8 Å². The van der Waals surface area contributed by atoms with E-state index in [-0.39, 0.29) is 16.4 Å². The molecule has 0 aliphatic heterocycles. The number of benzene rings is 8. The molecule has 0 amide bonds. The van der Waals surface area contributed by atoms with Gasteiger partial charge in [-0.25, -0.2) is 15.0 Å². The first-order chi connectivity index (χ1) is 30.1. The first-order valence-electron chi connectivity index (χ1n) is 19.9. The Bertz CT molecular complexity index is 3360. The van der Waals surface area contributed by atoms with E-state index in [1.807, 2.05) is 103 Å². The van der Waals surface area contributed by atoms with Crippen molar-refractivity contribution in [2.24, 2.45) is 0 Å². The third kappa shape index (κ3) is 6.95. The molecule has 0 saturated heterocycles. The molecule has 0 saturated carbocycles. The molecule has 0 fully saturated rings. The highest BCUT2D eigenvalue weighted by molar-refractivity contribution is 7.28. The summed E-state index contributed by atoms with van der Waals surface area (Å²) in [5.41, 5.74) is 11.8. The van der Waals surface area contributed by atoms with Crippen LogP contribution in [0.5, 0.6) is 0 Å². The molecule has 0 aliphatic carbocycles. The number of nitrogens with zero attached hydrogens (tertiary/aromatic N) is 3. The van der Waals surface area contributed by atoms with Gasteiger partial charge in [-0.2, -0.15) is 0 Å². The third-order valence-corrected chi connectivity index (χ3v) is 12.6. The lowest BCUT2D eigenvalue weighted by Gasteiger charge is -2.20. The molecule has 0 aliphatic rings. The Morgan fingerprint density at radius 3 is 1.27 bits per heavy atom. The Kier molecular flexibility index (Phi) is 10.2.